The fourth-order valence-electron chi connectivity index (χ4n) is 2.53. The highest BCUT2D eigenvalue weighted by molar-refractivity contribution is 6.33. The summed E-state index contributed by atoms with van der Waals surface area (Å²) in [5, 5.41) is 5.98. The lowest BCUT2D eigenvalue weighted by Crippen LogP contribution is -2.11. The van der Waals surface area contributed by atoms with E-state index >= 15 is 0 Å². The Kier molecular flexibility index (Phi) is 5.89. The van der Waals surface area contributed by atoms with Gasteiger partial charge in [-0.1, -0.05) is 41.9 Å². The minimum Gasteiger partial charge on any atom is -0.393 e. The maximum Gasteiger partial charge on any atom is 0.416 e. The van der Waals surface area contributed by atoms with Crippen molar-refractivity contribution >= 4 is 34.6 Å². The van der Waals surface area contributed by atoms with Gasteiger partial charge in [-0.2, -0.15) is 13.2 Å². The zero-order valence-corrected chi connectivity index (χ0v) is 15.3. The fourth-order valence-corrected chi connectivity index (χ4v) is 2.70. The summed E-state index contributed by atoms with van der Waals surface area (Å²) in [6.07, 6.45) is -2.46. The number of hydrogen-bond acceptors (Lipinski definition) is 5. The van der Waals surface area contributed by atoms with Crippen LogP contribution in [0.1, 0.15) is 11.1 Å². The number of alkyl halides is 3. The van der Waals surface area contributed by atoms with E-state index in [0.717, 1.165) is 24.1 Å². The van der Waals surface area contributed by atoms with Crippen LogP contribution in [0.4, 0.5) is 36.2 Å². The highest BCUT2D eigenvalue weighted by Crippen LogP contribution is 2.36. The number of nitrogens with zero attached hydrogens (tertiary/aromatic N) is 2. The van der Waals surface area contributed by atoms with E-state index in [2.05, 4.69) is 20.6 Å². The molecule has 0 aliphatic rings. The molecule has 0 radical (unpaired) electrons. The molecule has 2 aromatic carbocycles. The molecule has 0 bridgehead atoms. The molecule has 5 nitrogen and oxygen atoms in total. The molecule has 3 aromatic rings. The smallest absolute Gasteiger partial charge is 0.393 e. The number of rotatable bonds is 6. The minimum atomic E-state index is -4.48. The maximum absolute atomic E-state index is 12.9. The Labute approximate surface area is 164 Å². The quantitative estimate of drug-likeness (QED) is 0.528. The van der Waals surface area contributed by atoms with Gasteiger partial charge in [0.1, 0.15) is 12.0 Å². The Hall–Kier alpha value is -3.00. The number of nitrogen functional groups attached to an aromatic ring is 1. The topological polar surface area (TPSA) is 75.9 Å². The van der Waals surface area contributed by atoms with Gasteiger partial charge in [-0.25, -0.2) is 9.97 Å². The van der Waals surface area contributed by atoms with Crippen molar-refractivity contribution in [3.8, 4) is 0 Å². The first-order chi connectivity index (χ1) is 13.3. The van der Waals surface area contributed by atoms with Crippen LogP contribution in [0.5, 0.6) is 0 Å². The first-order valence-electron chi connectivity index (χ1n) is 8.36. The third-order valence-corrected chi connectivity index (χ3v) is 4.31. The van der Waals surface area contributed by atoms with Gasteiger partial charge in [0, 0.05) is 6.54 Å². The molecular weight excluding hydrogens is 391 g/mol. The van der Waals surface area contributed by atoms with E-state index in [9.17, 15) is 13.2 Å². The number of halogens is 4. The number of anilines is 4. The Bertz CT molecular complexity index is 948. The predicted molar refractivity (Wildman–Crippen MR) is 105 cm³/mol. The van der Waals surface area contributed by atoms with Crippen LogP contribution in [0.2, 0.25) is 5.02 Å². The lowest BCUT2D eigenvalue weighted by molar-refractivity contribution is -0.137. The summed E-state index contributed by atoms with van der Waals surface area (Å²) >= 11 is 6.01. The molecular formula is C19H17ClF3N5. The molecule has 3 rings (SSSR count). The largest absolute Gasteiger partial charge is 0.416 e. The Balaban J connectivity index is 1.74. The molecule has 0 aliphatic carbocycles. The Morgan fingerprint density at radius 3 is 2.43 bits per heavy atom. The average molecular weight is 408 g/mol. The van der Waals surface area contributed by atoms with Crippen molar-refractivity contribution in [2.45, 2.75) is 12.6 Å². The van der Waals surface area contributed by atoms with Gasteiger partial charge in [0.25, 0.3) is 0 Å². The third kappa shape index (κ3) is 4.83. The lowest BCUT2D eigenvalue weighted by Gasteiger charge is -2.15. The molecule has 0 unspecified atom stereocenters. The Morgan fingerprint density at radius 1 is 1.00 bits per heavy atom. The SMILES string of the molecule is Nc1c(NCCc2ccccc2)ncnc1Nc1cc(C(F)(F)F)ccc1Cl. The number of benzene rings is 2. The second-order valence-electron chi connectivity index (χ2n) is 5.96. The van der Waals surface area contributed by atoms with Crippen LogP contribution in [-0.2, 0) is 12.6 Å². The van der Waals surface area contributed by atoms with Gasteiger partial charge in [0.15, 0.2) is 11.6 Å². The highest BCUT2D eigenvalue weighted by Gasteiger charge is 2.31. The van der Waals surface area contributed by atoms with E-state index in [1.807, 2.05) is 30.3 Å². The van der Waals surface area contributed by atoms with Gasteiger partial charge in [-0.05, 0) is 30.2 Å². The minimum absolute atomic E-state index is 0.0529. The molecule has 28 heavy (non-hydrogen) atoms. The summed E-state index contributed by atoms with van der Waals surface area (Å²) in [4.78, 5) is 8.10. The van der Waals surface area contributed by atoms with Crippen LogP contribution in [0.15, 0.2) is 54.9 Å². The summed E-state index contributed by atoms with van der Waals surface area (Å²) in [5.74, 6) is 0.551. The van der Waals surface area contributed by atoms with Crippen molar-refractivity contribution in [1.82, 2.24) is 9.97 Å². The number of hydrogen-bond donors (Lipinski definition) is 3. The number of aromatic nitrogens is 2. The van der Waals surface area contributed by atoms with Gasteiger partial charge < -0.3 is 16.4 Å². The average Bonchev–Trinajstić information content (AvgIpc) is 2.66. The van der Waals surface area contributed by atoms with E-state index in [1.165, 1.54) is 12.4 Å². The summed E-state index contributed by atoms with van der Waals surface area (Å²) in [6.45, 7) is 0.578. The summed E-state index contributed by atoms with van der Waals surface area (Å²) in [6, 6.07) is 12.9. The third-order valence-electron chi connectivity index (χ3n) is 3.98. The maximum atomic E-state index is 12.9. The molecule has 4 N–H and O–H groups in total. The first kappa shape index (κ1) is 19.8. The van der Waals surface area contributed by atoms with Crippen LogP contribution >= 0.6 is 11.6 Å². The molecule has 0 fully saturated rings. The van der Waals surface area contributed by atoms with E-state index < -0.39 is 11.7 Å². The Morgan fingerprint density at radius 2 is 1.71 bits per heavy atom. The van der Waals surface area contributed by atoms with Crippen molar-refractivity contribution in [2.75, 3.05) is 22.9 Å². The number of nitrogens with two attached hydrogens (primary N) is 1. The molecule has 1 aromatic heterocycles. The van der Waals surface area contributed by atoms with E-state index in [0.29, 0.717) is 12.4 Å². The zero-order valence-electron chi connectivity index (χ0n) is 14.6. The van der Waals surface area contributed by atoms with Crippen LogP contribution in [-0.4, -0.2) is 16.5 Å². The second-order valence-corrected chi connectivity index (χ2v) is 6.37. The lowest BCUT2D eigenvalue weighted by atomic mass is 10.1. The van der Waals surface area contributed by atoms with Gasteiger partial charge in [0.2, 0.25) is 0 Å². The van der Waals surface area contributed by atoms with Gasteiger partial charge in [0.05, 0.1) is 16.3 Å². The molecule has 0 amide bonds. The van der Waals surface area contributed by atoms with Crippen molar-refractivity contribution in [2.24, 2.45) is 0 Å². The van der Waals surface area contributed by atoms with Gasteiger partial charge in [-0.3, -0.25) is 0 Å². The molecule has 1 heterocycles. The molecule has 0 atom stereocenters. The molecule has 146 valence electrons. The monoisotopic (exact) mass is 407 g/mol. The second kappa shape index (κ2) is 8.35. The number of nitrogens with one attached hydrogen (secondary N) is 2. The van der Waals surface area contributed by atoms with E-state index in [-0.39, 0.29) is 22.2 Å². The van der Waals surface area contributed by atoms with Crippen molar-refractivity contribution in [3.05, 3.63) is 71.0 Å². The van der Waals surface area contributed by atoms with Crippen LogP contribution < -0.4 is 16.4 Å². The highest BCUT2D eigenvalue weighted by atomic mass is 35.5. The standard InChI is InChI=1S/C19H17ClF3N5/c20-14-7-6-13(19(21,22)23)10-15(14)28-18-16(24)17(26-11-27-18)25-9-8-12-4-2-1-3-5-12/h1-7,10-11H,8-9,24H2,(H2,25,26,27,28). The molecule has 9 heteroatoms. The van der Waals surface area contributed by atoms with Crippen LogP contribution in [0.3, 0.4) is 0 Å². The fraction of sp³-hybridized carbons (Fsp3) is 0.158. The van der Waals surface area contributed by atoms with Crippen molar-refractivity contribution in [1.29, 1.82) is 0 Å². The molecule has 0 aliphatic heterocycles. The first-order valence-corrected chi connectivity index (χ1v) is 8.74. The van der Waals surface area contributed by atoms with E-state index in [4.69, 9.17) is 17.3 Å². The summed E-state index contributed by atoms with van der Waals surface area (Å²) in [5.41, 5.74) is 6.63. The van der Waals surface area contributed by atoms with Crippen LogP contribution in [0.25, 0.3) is 0 Å². The zero-order chi connectivity index (χ0) is 20.1. The summed E-state index contributed by atoms with van der Waals surface area (Å²) in [7, 11) is 0. The predicted octanol–water partition coefficient (Wildman–Crippen LogP) is 5.13. The molecule has 0 spiro atoms. The van der Waals surface area contributed by atoms with Crippen LogP contribution in [0, 0.1) is 0 Å². The van der Waals surface area contributed by atoms with Gasteiger partial charge >= 0.3 is 6.18 Å². The van der Waals surface area contributed by atoms with E-state index in [1.54, 1.807) is 0 Å². The normalized spacial score (nSPS) is 11.3. The van der Waals surface area contributed by atoms with Gasteiger partial charge in [-0.15, -0.1) is 0 Å². The molecule has 0 saturated carbocycles. The van der Waals surface area contributed by atoms with Crippen molar-refractivity contribution in [3.63, 3.8) is 0 Å². The molecule has 0 saturated heterocycles. The summed E-state index contributed by atoms with van der Waals surface area (Å²) < 4.78 is 38.8. The van der Waals surface area contributed by atoms with Crippen molar-refractivity contribution < 1.29 is 13.2 Å².